The minimum absolute atomic E-state index is 0. The Hall–Kier alpha value is -2.27. The zero-order chi connectivity index (χ0) is 18.1. The van der Waals surface area contributed by atoms with Gasteiger partial charge in [0.05, 0.1) is 13.0 Å². The van der Waals surface area contributed by atoms with Crippen molar-refractivity contribution in [2.45, 2.75) is 39.3 Å². The van der Waals surface area contributed by atoms with Gasteiger partial charge in [0.2, 0.25) is 5.78 Å². The number of rotatable bonds is 5. The number of aryl methyl sites for hydroxylation is 1. The maximum absolute atomic E-state index is 13.2. The first-order chi connectivity index (χ1) is 12.7. The van der Waals surface area contributed by atoms with Crippen molar-refractivity contribution in [3.05, 3.63) is 77.5 Å². The smallest absolute Gasteiger partial charge is 0.257 e. The molecular formula is C22H22BrFN2O. The number of nitrogens with zero attached hydrogens (tertiary/aromatic N) is 2. The molecule has 4 rings (SSSR count). The van der Waals surface area contributed by atoms with Gasteiger partial charge in [0.1, 0.15) is 12.0 Å². The second-order valence-corrected chi connectivity index (χ2v) is 6.79. The largest absolute Gasteiger partial charge is 1.00 e. The molecule has 1 aliphatic rings. The Morgan fingerprint density at radius 2 is 1.81 bits per heavy atom. The second-order valence-electron chi connectivity index (χ2n) is 6.79. The number of aromatic nitrogens is 2. The fourth-order valence-electron chi connectivity index (χ4n) is 3.67. The number of imidazole rings is 1. The summed E-state index contributed by atoms with van der Waals surface area (Å²) in [6.45, 7) is 3.38. The highest BCUT2D eigenvalue weighted by Gasteiger charge is 2.29. The van der Waals surface area contributed by atoms with Gasteiger partial charge in [-0.15, -0.1) is 0 Å². The number of hydrogen-bond donors (Lipinski definition) is 0. The lowest BCUT2D eigenvalue weighted by atomic mass is 10.1. The first kappa shape index (κ1) is 19.5. The normalized spacial score (nSPS) is 12.5. The van der Waals surface area contributed by atoms with Gasteiger partial charge in [-0.25, -0.2) is 13.5 Å². The third kappa shape index (κ3) is 3.88. The first-order valence-electron chi connectivity index (χ1n) is 9.15. The summed E-state index contributed by atoms with van der Waals surface area (Å²) in [5, 5.41) is 0. The SMILES string of the molecule is CCc1ccc(C(=O)C[n+]2cc(-c3ccc(F)cc3)n3c2CCC3)cc1.[Br-]. The van der Waals surface area contributed by atoms with E-state index in [9.17, 15) is 9.18 Å². The molecule has 0 radical (unpaired) electrons. The second kappa shape index (κ2) is 8.17. The van der Waals surface area contributed by atoms with Crippen molar-refractivity contribution in [3.8, 4) is 11.3 Å². The zero-order valence-corrected chi connectivity index (χ0v) is 16.9. The van der Waals surface area contributed by atoms with E-state index in [2.05, 4.69) is 16.1 Å². The van der Waals surface area contributed by atoms with Crippen LogP contribution in [-0.4, -0.2) is 10.4 Å². The molecule has 0 fully saturated rings. The molecule has 0 saturated heterocycles. The predicted molar refractivity (Wildman–Crippen MR) is 98.5 cm³/mol. The summed E-state index contributed by atoms with van der Waals surface area (Å²) in [7, 11) is 0. The van der Waals surface area contributed by atoms with Gasteiger partial charge in [0, 0.05) is 11.1 Å². The molecule has 0 spiro atoms. The monoisotopic (exact) mass is 428 g/mol. The van der Waals surface area contributed by atoms with Crippen LogP contribution in [-0.2, 0) is 25.9 Å². The Morgan fingerprint density at radius 3 is 2.48 bits per heavy atom. The van der Waals surface area contributed by atoms with Crippen molar-refractivity contribution in [1.29, 1.82) is 0 Å². The fourth-order valence-corrected chi connectivity index (χ4v) is 3.67. The zero-order valence-electron chi connectivity index (χ0n) is 15.3. The molecule has 2 aromatic carbocycles. The summed E-state index contributed by atoms with van der Waals surface area (Å²) >= 11 is 0. The Labute approximate surface area is 169 Å². The number of carbonyl (C=O) groups is 1. The maximum atomic E-state index is 13.2. The van der Waals surface area contributed by atoms with E-state index in [0.717, 1.165) is 42.6 Å². The lowest BCUT2D eigenvalue weighted by Crippen LogP contribution is -3.00. The van der Waals surface area contributed by atoms with E-state index in [4.69, 9.17) is 0 Å². The summed E-state index contributed by atoms with van der Waals surface area (Å²) in [4.78, 5) is 12.7. The van der Waals surface area contributed by atoms with Crippen LogP contribution in [0.25, 0.3) is 11.3 Å². The van der Waals surface area contributed by atoms with Crippen molar-refractivity contribution in [2.24, 2.45) is 0 Å². The lowest BCUT2D eigenvalue weighted by Gasteiger charge is -2.02. The number of fused-ring (bicyclic) bond motifs is 1. The predicted octanol–water partition coefficient (Wildman–Crippen LogP) is 0.977. The van der Waals surface area contributed by atoms with Crippen molar-refractivity contribution in [2.75, 3.05) is 0 Å². The molecule has 0 unspecified atom stereocenters. The standard InChI is InChI=1S/C22H22FN2O.BrH/c1-2-16-5-7-18(8-6-16)21(26)15-24-14-20(25-13-3-4-22(24)25)17-9-11-19(23)12-10-17;/h5-12,14H,2-4,13,15H2,1H3;1H/q+1;/p-1. The van der Waals surface area contributed by atoms with E-state index < -0.39 is 0 Å². The third-order valence-corrected chi connectivity index (χ3v) is 5.13. The fraction of sp³-hybridized carbons (Fsp3) is 0.273. The molecule has 5 heteroatoms. The molecule has 140 valence electrons. The molecule has 0 amide bonds. The van der Waals surface area contributed by atoms with Crippen molar-refractivity contribution in [1.82, 2.24) is 4.57 Å². The van der Waals surface area contributed by atoms with Crippen LogP contribution in [0, 0.1) is 5.82 Å². The van der Waals surface area contributed by atoms with Crippen LogP contribution in [0.2, 0.25) is 0 Å². The van der Waals surface area contributed by atoms with Crippen LogP contribution in [0.1, 0.15) is 35.1 Å². The summed E-state index contributed by atoms with van der Waals surface area (Å²) < 4.78 is 17.5. The van der Waals surface area contributed by atoms with Gasteiger partial charge in [-0.05, 0) is 42.7 Å². The first-order valence-corrected chi connectivity index (χ1v) is 9.15. The highest BCUT2D eigenvalue weighted by molar-refractivity contribution is 5.95. The summed E-state index contributed by atoms with van der Waals surface area (Å²) in [6.07, 6.45) is 5.03. The maximum Gasteiger partial charge on any atom is 0.257 e. The number of carbonyl (C=O) groups excluding carboxylic acids is 1. The molecular weight excluding hydrogens is 407 g/mol. The Balaban J connectivity index is 0.00000210. The summed E-state index contributed by atoms with van der Waals surface area (Å²) in [5.41, 5.74) is 4.01. The molecule has 27 heavy (non-hydrogen) atoms. The number of hydrogen-bond acceptors (Lipinski definition) is 1. The summed E-state index contributed by atoms with van der Waals surface area (Å²) in [5.74, 6) is 1.05. The summed E-state index contributed by atoms with van der Waals surface area (Å²) in [6, 6.07) is 14.4. The lowest BCUT2D eigenvalue weighted by molar-refractivity contribution is -0.689. The van der Waals surface area contributed by atoms with E-state index >= 15 is 0 Å². The van der Waals surface area contributed by atoms with E-state index in [1.165, 1.54) is 23.5 Å². The molecule has 0 saturated carbocycles. The van der Waals surface area contributed by atoms with Crippen LogP contribution in [0.4, 0.5) is 4.39 Å². The molecule has 3 nitrogen and oxygen atoms in total. The molecule has 1 aliphatic heterocycles. The number of benzene rings is 2. The topological polar surface area (TPSA) is 25.9 Å². The van der Waals surface area contributed by atoms with E-state index in [0.29, 0.717) is 6.54 Å². The Kier molecular flexibility index (Phi) is 5.90. The third-order valence-electron chi connectivity index (χ3n) is 5.13. The van der Waals surface area contributed by atoms with Gasteiger partial charge in [-0.3, -0.25) is 4.79 Å². The minimum Gasteiger partial charge on any atom is -1.00 e. The molecule has 1 aromatic heterocycles. The van der Waals surface area contributed by atoms with Gasteiger partial charge in [0.25, 0.3) is 5.82 Å². The number of halogens is 2. The van der Waals surface area contributed by atoms with E-state index in [1.54, 1.807) is 12.1 Å². The average molecular weight is 429 g/mol. The minimum atomic E-state index is -0.236. The van der Waals surface area contributed by atoms with Crippen LogP contribution in [0.3, 0.4) is 0 Å². The highest BCUT2D eigenvalue weighted by atomic mass is 79.9. The van der Waals surface area contributed by atoms with Crippen LogP contribution in [0.15, 0.2) is 54.7 Å². The van der Waals surface area contributed by atoms with Gasteiger partial charge >= 0.3 is 0 Å². The van der Waals surface area contributed by atoms with E-state index in [-0.39, 0.29) is 28.6 Å². The van der Waals surface area contributed by atoms with E-state index in [1.807, 2.05) is 30.5 Å². The van der Waals surface area contributed by atoms with Crippen molar-refractivity contribution >= 4 is 5.78 Å². The highest BCUT2D eigenvalue weighted by Crippen LogP contribution is 2.25. The van der Waals surface area contributed by atoms with Gasteiger partial charge in [-0.2, -0.15) is 0 Å². The van der Waals surface area contributed by atoms with Gasteiger partial charge < -0.3 is 17.0 Å². The van der Waals surface area contributed by atoms with Gasteiger partial charge in [-0.1, -0.05) is 31.2 Å². The Morgan fingerprint density at radius 1 is 1.11 bits per heavy atom. The van der Waals surface area contributed by atoms with Crippen molar-refractivity contribution in [3.63, 3.8) is 0 Å². The van der Waals surface area contributed by atoms with Gasteiger partial charge in [0.15, 0.2) is 12.2 Å². The molecule has 0 aliphatic carbocycles. The quantitative estimate of drug-likeness (QED) is 0.439. The van der Waals surface area contributed by atoms with Crippen LogP contribution < -0.4 is 21.5 Å². The number of ketones is 1. The van der Waals surface area contributed by atoms with Crippen LogP contribution in [0.5, 0.6) is 0 Å². The molecule has 3 aromatic rings. The Bertz CT molecular complexity index is 946. The van der Waals surface area contributed by atoms with Crippen LogP contribution >= 0.6 is 0 Å². The van der Waals surface area contributed by atoms with Crippen molar-refractivity contribution < 1.29 is 30.7 Å². The molecule has 0 atom stereocenters. The molecule has 2 heterocycles. The molecule has 0 N–H and O–H groups in total. The molecule has 0 bridgehead atoms. The number of Topliss-reactive ketones (excluding diaryl/α,β-unsaturated/α-hetero) is 1. The average Bonchev–Trinajstić information content (AvgIpc) is 3.26.